The van der Waals surface area contributed by atoms with E-state index in [-0.39, 0.29) is 17.5 Å². The second kappa shape index (κ2) is 6.26. The summed E-state index contributed by atoms with van der Waals surface area (Å²) >= 11 is 0. The lowest BCUT2D eigenvalue weighted by molar-refractivity contribution is 0.465. The first-order chi connectivity index (χ1) is 8.35. The molecular formula is C12H19FN2O2S. The van der Waals surface area contributed by atoms with Crippen LogP contribution in [0.15, 0.2) is 29.2 Å². The summed E-state index contributed by atoms with van der Waals surface area (Å²) in [5, 5.41) is 0. The second-order valence-corrected chi connectivity index (χ2v) is 6.35. The van der Waals surface area contributed by atoms with E-state index in [9.17, 15) is 12.8 Å². The van der Waals surface area contributed by atoms with Gasteiger partial charge in [-0.2, -0.15) is 0 Å². The van der Waals surface area contributed by atoms with E-state index in [2.05, 4.69) is 4.72 Å². The number of nitrogens with one attached hydrogen (secondary N) is 1. The fourth-order valence-electron chi connectivity index (χ4n) is 1.68. The van der Waals surface area contributed by atoms with Crippen molar-refractivity contribution in [2.45, 2.75) is 31.2 Å². The van der Waals surface area contributed by atoms with Gasteiger partial charge in [0, 0.05) is 12.6 Å². The molecule has 3 N–H and O–H groups in total. The van der Waals surface area contributed by atoms with Gasteiger partial charge in [0.05, 0.1) is 4.90 Å². The molecule has 0 radical (unpaired) electrons. The van der Waals surface area contributed by atoms with E-state index >= 15 is 0 Å². The largest absolute Gasteiger partial charge is 0.329 e. The molecule has 4 nitrogen and oxygen atoms in total. The molecule has 1 atom stereocenters. The SMILES string of the molecule is CC(C)CC(CN)NS(=O)(=O)c1cccc(F)c1. The molecule has 102 valence electrons. The third-order valence-corrected chi connectivity index (χ3v) is 3.99. The summed E-state index contributed by atoms with van der Waals surface area (Å²) in [6, 6.07) is 4.58. The number of nitrogens with two attached hydrogens (primary N) is 1. The van der Waals surface area contributed by atoms with E-state index in [4.69, 9.17) is 5.73 Å². The van der Waals surface area contributed by atoms with Crippen LogP contribution in [0, 0.1) is 11.7 Å². The third kappa shape index (κ3) is 4.36. The number of sulfonamides is 1. The van der Waals surface area contributed by atoms with E-state index in [1.54, 1.807) is 0 Å². The van der Waals surface area contributed by atoms with Crippen LogP contribution in [0.5, 0.6) is 0 Å². The van der Waals surface area contributed by atoms with Crippen LogP contribution >= 0.6 is 0 Å². The minimum absolute atomic E-state index is 0.0790. The lowest BCUT2D eigenvalue weighted by Gasteiger charge is -2.18. The number of hydrogen-bond acceptors (Lipinski definition) is 3. The van der Waals surface area contributed by atoms with Crippen LogP contribution in [-0.2, 0) is 10.0 Å². The maximum Gasteiger partial charge on any atom is 0.240 e. The molecule has 0 heterocycles. The fraction of sp³-hybridized carbons (Fsp3) is 0.500. The zero-order valence-electron chi connectivity index (χ0n) is 10.6. The van der Waals surface area contributed by atoms with Crippen molar-refractivity contribution in [3.05, 3.63) is 30.1 Å². The summed E-state index contributed by atoms with van der Waals surface area (Å²) in [6.45, 7) is 4.19. The average Bonchev–Trinajstić information content (AvgIpc) is 2.27. The van der Waals surface area contributed by atoms with Crippen molar-refractivity contribution in [3.63, 3.8) is 0 Å². The van der Waals surface area contributed by atoms with E-state index in [0.29, 0.717) is 12.3 Å². The van der Waals surface area contributed by atoms with Gasteiger partial charge >= 0.3 is 0 Å². The van der Waals surface area contributed by atoms with Crippen molar-refractivity contribution in [1.29, 1.82) is 0 Å². The smallest absolute Gasteiger partial charge is 0.240 e. The molecule has 0 amide bonds. The summed E-state index contributed by atoms with van der Waals surface area (Å²) in [5.74, 6) is -0.250. The highest BCUT2D eigenvalue weighted by Crippen LogP contribution is 2.12. The van der Waals surface area contributed by atoms with E-state index in [0.717, 1.165) is 6.07 Å². The predicted molar refractivity (Wildman–Crippen MR) is 69.0 cm³/mol. The van der Waals surface area contributed by atoms with Crippen molar-refractivity contribution in [3.8, 4) is 0 Å². The highest BCUT2D eigenvalue weighted by molar-refractivity contribution is 7.89. The van der Waals surface area contributed by atoms with Crippen LogP contribution in [0.3, 0.4) is 0 Å². The van der Waals surface area contributed by atoms with Gasteiger partial charge in [0.2, 0.25) is 10.0 Å². The Morgan fingerprint density at radius 1 is 1.39 bits per heavy atom. The van der Waals surface area contributed by atoms with E-state index in [1.807, 2.05) is 13.8 Å². The molecule has 1 aromatic carbocycles. The summed E-state index contributed by atoms with van der Waals surface area (Å²) in [5.41, 5.74) is 5.54. The molecule has 0 bridgehead atoms. The van der Waals surface area contributed by atoms with Crippen molar-refractivity contribution in [2.75, 3.05) is 6.54 Å². The van der Waals surface area contributed by atoms with Crippen LogP contribution in [0.25, 0.3) is 0 Å². The molecule has 0 aliphatic carbocycles. The number of hydrogen-bond donors (Lipinski definition) is 2. The van der Waals surface area contributed by atoms with Crippen LogP contribution in [0.2, 0.25) is 0 Å². The maximum atomic E-state index is 13.0. The summed E-state index contributed by atoms with van der Waals surface area (Å²) in [4.78, 5) is -0.0790. The molecule has 0 aliphatic rings. The summed E-state index contributed by atoms with van der Waals surface area (Å²) in [7, 11) is -3.71. The first-order valence-electron chi connectivity index (χ1n) is 5.83. The average molecular weight is 274 g/mol. The van der Waals surface area contributed by atoms with Gasteiger partial charge in [-0.15, -0.1) is 0 Å². The van der Waals surface area contributed by atoms with Crippen molar-refractivity contribution in [2.24, 2.45) is 11.7 Å². The third-order valence-electron chi connectivity index (χ3n) is 2.47. The molecule has 1 rings (SSSR count). The monoisotopic (exact) mass is 274 g/mol. The summed E-state index contributed by atoms with van der Waals surface area (Å²) in [6.07, 6.45) is 0.644. The fourth-order valence-corrected chi connectivity index (χ4v) is 2.98. The number of halogens is 1. The van der Waals surface area contributed by atoms with Gasteiger partial charge in [0.25, 0.3) is 0 Å². The normalized spacial score (nSPS) is 13.8. The van der Waals surface area contributed by atoms with Crippen molar-refractivity contribution < 1.29 is 12.8 Å². The quantitative estimate of drug-likeness (QED) is 0.825. The molecule has 18 heavy (non-hydrogen) atoms. The second-order valence-electron chi connectivity index (χ2n) is 4.64. The number of rotatable bonds is 6. The van der Waals surface area contributed by atoms with Crippen LogP contribution < -0.4 is 10.5 Å². The lowest BCUT2D eigenvalue weighted by atomic mass is 10.1. The molecule has 0 aliphatic heterocycles. The topological polar surface area (TPSA) is 72.2 Å². The maximum absolute atomic E-state index is 13.0. The Balaban J connectivity index is 2.87. The standard InChI is InChI=1S/C12H19FN2O2S/c1-9(2)6-11(8-14)15-18(16,17)12-5-3-4-10(13)7-12/h3-5,7,9,11,15H,6,8,14H2,1-2H3. The highest BCUT2D eigenvalue weighted by Gasteiger charge is 2.20. The Labute approximate surface area is 107 Å². The molecule has 0 saturated carbocycles. The molecule has 1 aromatic rings. The summed E-state index contributed by atoms with van der Waals surface area (Å²) < 4.78 is 39.5. The number of benzene rings is 1. The van der Waals surface area contributed by atoms with Gasteiger partial charge in [0.1, 0.15) is 5.82 Å². The van der Waals surface area contributed by atoms with Crippen LogP contribution in [0.4, 0.5) is 4.39 Å². The minimum atomic E-state index is -3.71. The van der Waals surface area contributed by atoms with Crippen LogP contribution in [0.1, 0.15) is 20.3 Å². The van der Waals surface area contributed by atoms with Gasteiger partial charge in [-0.3, -0.25) is 0 Å². The Morgan fingerprint density at radius 3 is 2.56 bits per heavy atom. The Bertz CT molecular complexity index is 489. The van der Waals surface area contributed by atoms with E-state index in [1.165, 1.54) is 18.2 Å². The van der Waals surface area contributed by atoms with Crippen LogP contribution in [-0.4, -0.2) is 21.0 Å². The zero-order valence-corrected chi connectivity index (χ0v) is 11.4. The first kappa shape index (κ1) is 15.1. The molecule has 1 unspecified atom stereocenters. The van der Waals surface area contributed by atoms with E-state index < -0.39 is 15.8 Å². The van der Waals surface area contributed by atoms with Gasteiger partial charge in [-0.05, 0) is 30.5 Å². The van der Waals surface area contributed by atoms with Crippen molar-refractivity contribution >= 4 is 10.0 Å². The van der Waals surface area contributed by atoms with Gasteiger partial charge in [-0.25, -0.2) is 17.5 Å². The highest BCUT2D eigenvalue weighted by atomic mass is 32.2. The molecule has 0 spiro atoms. The minimum Gasteiger partial charge on any atom is -0.329 e. The Hall–Kier alpha value is -0.980. The molecule has 0 saturated heterocycles. The molecular weight excluding hydrogens is 255 g/mol. The van der Waals surface area contributed by atoms with Gasteiger partial charge < -0.3 is 5.73 Å². The first-order valence-corrected chi connectivity index (χ1v) is 7.31. The molecule has 6 heteroatoms. The molecule has 0 fully saturated rings. The van der Waals surface area contributed by atoms with Crippen molar-refractivity contribution in [1.82, 2.24) is 4.72 Å². The molecule has 0 aromatic heterocycles. The lowest BCUT2D eigenvalue weighted by Crippen LogP contribution is -2.40. The van der Waals surface area contributed by atoms with Gasteiger partial charge in [-0.1, -0.05) is 19.9 Å². The predicted octanol–water partition coefficient (Wildman–Crippen LogP) is 1.48. The Kier molecular flexibility index (Phi) is 5.25. The zero-order chi connectivity index (χ0) is 13.8. The Morgan fingerprint density at radius 2 is 2.06 bits per heavy atom. The van der Waals surface area contributed by atoms with Gasteiger partial charge in [0.15, 0.2) is 0 Å².